The molecule has 6 heteroatoms. The van der Waals surface area contributed by atoms with Gasteiger partial charge in [-0.2, -0.15) is 0 Å². The van der Waals surface area contributed by atoms with Crippen LogP contribution in [0.4, 0.5) is 0 Å². The number of methoxy groups -OCH3 is 2. The van der Waals surface area contributed by atoms with Gasteiger partial charge in [-0.3, -0.25) is 0 Å². The molecule has 0 aliphatic rings. The first-order chi connectivity index (χ1) is 16.2. The molecule has 0 radical (unpaired) electrons. The topological polar surface area (TPSA) is 47.5 Å². The number of aryl methyl sites for hydroxylation is 2. The van der Waals surface area contributed by atoms with Gasteiger partial charge in [-0.05, 0) is 87.1 Å². The van der Waals surface area contributed by atoms with E-state index in [1.54, 1.807) is 14.2 Å². The van der Waals surface area contributed by atoms with Crippen molar-refractivity contribution in [2.24, 2.45) is 0 Å². The van der Waals surface area contributed by atoms with Crippen LogP contribution in [0, 0.1) is 0 Å². The number of alkyl halides is 1. The molecular weight excluding hydrogens is 480 g/mol. The van der Waals surface area contributed by atoms with Crippen LogP contribution in [0.2, 0.25) is 0 Å². The molecule has 0 saturated carbocycles. The second kappa shape index (κ2) is 13.4. The molecule has 3 aromatic rings. The summed E-state index contributed by atoms with van der Waals surface area (Å²) < 4.78 is 15.6. The third kappa shape index (κ3) is 6.84. The molecule has 0 amide bonds. The predicted molar refractivity (Wildman–Crippen MR) is 137 cm³/mol. The summed E-state index contributed by atoms with van der Waals surface area (Å²) in [4.78, 5) is 0. The van der Waals surface area contributed by atoms with Crippen LogP contribution in [0.1, 0.15) is 38.5 Å². The number of benzene rings is 2. The van der Waals surface area contributed by atoms with Crippen molar-refractivity contribution in [2.45, 2.75) is 51.6 Å². The Balaban J connectivity index is 2.07. The zero-order valence-electron chi connectivity index (χ0n) is 19.8. The number of aliphatic hydroxyl groups excluding tert-OH is 1. The average Bonchev–Trinajstić information content (AvgIpc) is 3.22. The standard InChI is InChI=1S/C27H36BrN2O3/c1-32-24-13-9-22(10-14-24)26-27(23-11-15-25(33-2)16-12-23)30(19-7-4-8-20-31)21-29(26)18-6-3-5-17-28/h9-16,21,31H,3-8,17-20H2,1-2H3/q+1. The second-order valence-corrected chi connectivity index (χ2v) is 8.98. The minimum absolute atomic E-state index is 0.252. The Morgan fingerprint density at radius 2 is 1.39 bits per heavy atom. The molecule has 178 valence electrons. The predicted octanol–water partition coefficient (Wildman–Crippen LogP) is 5.85. The van der Waals surface area contributed by atoms with E-state index in [9.17, 15) is 5.11 Å². The van der Waals surface area contributed by atoms with Gasteiger partial charge in [-0.15, -0.1) is 0 Å². The maximum atomic E-state index is 9.19. The fourth-order valence-electron chi connectivity index (χ4n) is 4.12. The van der Waals surface area contributed by atoms with E-state index in [0.717, 1.165) is 55.6 Å². The number of nitrogens with zero attached hydrogens (tertiary/aromatic N) is 2. The van der Waals surface area contributed by atoms with E-state index >= 15 is 0 Å². The highest BCUT2D eigenvalue weighted by Gasteiger charge is 2.26. The number of hydrogen-bond acceptors (Lipinski definition) is 3. The zero-order valence-corrected chi connectivity index (χ0v) is 21.4. The van der Waals surface area contributed by atoms with Crippen LogP contribution >= 0.6 is 15.9 Å². The third-order valence-corrected chi connectivity index (χ3v) is 6.45. The van der Waals surface area contributed by atoms with E-state index in [0.29, 0.717) is 0 Å². The molecule has 0 fully saturated rings. The van der Waals surface area contributed by atoms with E-state index in [4.69, 9.17) is 9.47 Å². The molecule has 0 atom stereocenters. The third-order valence-electron chi connectivity index (χ3n) is 5.89. The molecule has 0 aliphatic carbocycles. The Morgan fingerprint density at radius 3 is 1.97 bits per heavy atom. The monoisotopic (exact) mass is 515 g/mol. The SMILES string of the molecule is COc1ccc(-c2c(-c3ccc(OC)cc3)[n+](CCCCCBr)cn2CCCCCO)cc1. The van der Waals surface area contributed by atoms with Crippen molar-refractivity contribution < 1.29 is 19.1 Å². The molecule has 3 rings (SSSR count). The summed E-state index contributed by atoms with van der Waals surface area (Å²) in [6.07, 6.45) is 8.68. The van der Waals surface area contributed by atoms with Crippen molar-refractivity contribution in [1.82, 2.24) is 4.57 Å². The molecule has 2 aromatic carbocycles. The fraction of sp³-hybridized carbons (Fsp3) is 0.444. The van der Waals surface area contributed by atoms with Gasteiger partial charge in [0.15, 0.2) is 11.4 Å². The summed E-state index contributed by atoms with van der Waals surface area (Å²) in [5.41, 5.74) is 4.79. The van der Waals surface area contributed by atoms with Crippen molar-refractivity contribution in [3.8, 4) is 34.0 Å². The van der Waals surface area contributed by atoms with Crippen LogP contribution in [-0.4, -0.2) is 35.8 Å². The molecule has 33 heavy (non-hydrogen) atoms. The maximum Gasteiger partial charge on any atom is 0.244 e. The Morgan fingerprint density at radius 1 is 0.788 bits per heavy atom. The van der Waals surface area contributed by atoms with E-state index in [1.165, 1.54) is 35.4 Å². The minimum atomic E-state index is 0.252. The first-order valence-electron chi connectivity index (χ1n) is 11.8. The molecule has 0 bridgehead atoms. The molecule has 1 N–H and O–H groups in total. The molecule has 0 aliphatic heterocycles. The van der Waals surface area contributed by atoms with E-state index in [1.807, 2.05) is 24.3 Å². The quantitative estimate of drug-likeness (QED) is 0.166. The minimum Gasteiger partial charge on any atom is -0.497 e. The van der Waals surface area contributed by atoms with Crippen LogP contribution in [0.3, 0.4) is 0 Å². The molecule has 0 unspecified atom stereocenters. The number of imidazole rings is 1. The molecule has 0 spiro atoms. The summed E-state index contributed by atoms with van der Waals surface area (Å²) >= 11 is 3.55. The van der Waals surface area contributed by atoms with Crippen molar-refractivity contribution in [1.29, 1.82) is 0 Å². The second-order valence-electron chi connectivity index (χ2n) is 8.19. The summed E-state index contributed by atoms with van der Waals surface area (Å²) in [7, 11) is 3.40. The van der Waals surface area contributed by atoms with Gasteiger partial charge >= 0.3 is 0 Å². The molecular formula is C27H36BrN2O3+. The van der Waals surface area contributed by atoms with Crippen LogP contribution in [-0.2, 0) is 13.1 Å². The number of aliphatic hydroxyl groups is 1. The molecule has 5 nitrogen and oxygen atoms in total. The Hall–Kier alpha value is -2.31. The van der Waals surface area contributed by atoms with Gasteiger partial charge in [-0.1, -0.05) is 15.9 Å². The lowest BCUT2D eigenvalue weighted by Crippen LogP contribution is -2.34. The zero-order chi connectivity index (χ0) is 23.5. The van der Waals surface area contributed by atoms with Crippen molar-refractivity contribution in [3.63, 3.8) is 0 Å². The van der Waals surface area contributed by atoms with E-state index < -0.39 is 0 Å². The summed E-state index contributed by atoms with van der Waals surface area (Å²) in [6, 6.07) is 16.7. The van der Waals surface area contributed by atoms with Gasteiger partial charge in [0.2, 0.25) is 6.33 Å². The van der Waals surface area contributed by atoms with E-state index in [2.05, 4.69) is 55.7 Å². The molecule has 1 heterocycles. The first kappa shape index (κ1) is 25.3. The number of rotatable bonds is 14. The number of ether oxygens (including phenoxy) is 2. The Kier molecular flexibility index (Phi) is 10.3. The van der Waals surface area contributed by atoms with Gasteiger partial charge in [-0.25, -0.2) is 9.13 Å². The van der Waals surface area contributed by atoms with Gasteiger partial charge < -0.3 is 14.6 Å². The molecule has 1 aromatic heterocycles. The Bertz CT molecular complexity index is 890. The van der Waals surface area contributed by atoms with Gasteiger partial charge in [0.25, 0.3) is 0 Å². The fourth-order valence-corrected chi connectivity index (χ4v) is 4.52. The van der Waals surface area contributed by atoms with Crippen molar-refractivity contribution in [2.75, 3.05) is 26.2 Å². The lowest BCUT2D eigenvalue weighted by atomic mass is 10.0. The normalized spacial score (nSPS) is 11.0. The average molecular weight is 517 g/mol. The number of aromatic nitrogens is 2. The van der Waals surface area contributed by atoms with Crippen molar-refractivity contribution >= 4 is 15.9 Å². The van der Waals surface area contributed by atoms with Crippen LogP contribution in [0.15, 0.2) is 54.9 Å². The van der Waals surface area contributed by atoms with E-state index in [-0.39, 0.29) is 6.61 Å². The number of hydrogen-bond donors (Lipinski definition) is 1. The smallest absolute Gasteiger partial charge is 0.244 e. The highest BCUT2D eigenvalue weighted by molar-refractivity contribution is 9.09. The van der Waals surface area contributed by atoms with Gasteiger partial charge in [0, 0.05) is 23.1 Å². The summed E-state index contributed by atoms with van der Waals surface area (Å²) in [5.74, 6) is 1.71. The lowest BCUT2D eigenvalue weighted by molar-refractivity contribution is -0.686. The summed E-state index contributed by atoms with van der Waals surface area (Å²) in [5, 5.41) is 10.2. The number of unbranched alkanes of at least 4 members (excludes halogenated alkanes) is 4. The van der Waals surface area contributed by atoms with Gasteiger partial charge in [0.1, 0.15) is 11.5 Å². The maximum absolute atomic E-state index is 9.19. The highest BCUT2D eigenvalue weighted by atomic mass is 79.9. The highest BCUT2D eigenvalue weighted by Crippen LogP contribution is 2.33. The first-order valence-corrected chi connectivity index (χ1v) is 12.9. The lowest BCUT2D eigenvalue weighted by Gasteiger charge is -2.08. The largest absolute Gasteiger partial charge is 0.497 e. The Labute approximate surface area is 206 Å². The van der Waals surface area contributed by atoms with Crippen LogP contribution < -0.4 is 14.0 Å². The van der Waals surface area contributed by atoms with Gasteiger partial charge in [0.05, 0.1) is 27.3 Å². The van der Waals surface area contributed by atoms with Crippen molar-refractivity contribution in [3.05, 3.63) is 54.9 Å². The number of halogens is 1. The summed E-state index contributed by atoms with van der Waals surface area (Å²) in [6.45, 7) is 2.14. The molecule has 0 saturated heterocycles. The van der Waals surface area contributed by atoms with Crippen LogP contribution in [0.5, 0.6) is 11.5 Å². The van der Waals surface area contributed by atoms with Crippen LogP contribution in [0.25, 0.3) is 22.5 Å².